The molecule has 14 heavy (non-hydrogen) atoms. The molecule has 1 N–H and O–H groups in total. The summed E-state index contributed by atoms with van der Waals surface area (Å²) in [6.07, 6.45) is 0. The minimum atomic E-state index is -0.373. The molecule has 5 heteroatoms. The maximum Gasteiger partial charge on any atom is 0.231 e. The van der Waals surface area contributed by atoms with E-state index in [4.69, 9.17) is 11.6 Å². The van der Waals surface area contributed by atoms with Crippen LogP contribution in [0.1, 0.15) is 20.8 Å². The summed E-state index contributed by atoms with van der Waals surface area (Å²) in [6.45, 7) is 5.63. The molecular formula is C9H15ClN2OS. The number of thioether (sulfide) groups is 1. The highest BCUT2D eigenvalue weighted by Crippen LogP contribution is 2.19. The van der Waals surface area contributed by atoms with E-state index in [1.54, 1.807) is 11.8 Å². The van der Waals surface area contributed by atoms with Gasteiger partial charge in [0.15, 0.2) is 5.17 Å². The average Bonchev–Trinajstić information content (AvgIpc) is 2.50. The van der Waals surface area contributed by atoms with Crippen molar-refractivity contribution >= 4 is 34.4 Å². The second kappa shape index (κ2) is 4.53. The van der Waals surface area contributed by atoms with Crippen LogP contribution >= 0.6 is 23.4 Å². The lowest BCUT2D eigenvalue weighted by Crippen LogP contribution is -2.37. The van der Waals surface area contributed by atoms with Crippen molar-refractivity contribution in [1.29, 1.82) is 0 Å². The number of rotatable bonds is 1. The van der Waals surface area contributed by atoms with Crippen LogP contribution in [0, 0.1) is 5.41 Å². The fraction of sp³-hybridized carbons (Fsp3) is 0.778. The summed E-state index contributed by atoms with van der Waals surface area (Å²) in [4.78, 5) is 15.9. The van der Waals surface area contributed by atoms with E-state index in [-0.39, 0.29) is 17.4 Å². The van der Waals surface area contributed by atoms with E-state index >= 15 is 0 Å². The van der Waals surface area contributed by atoms with Gasteiger partial charge in [0.25, 0.3) is 0 Å². The van der Waals surface area contributed by atoms with Gasteiger partial charge in [0.05, 0.1) is 6.04 Å². The number of hydrogen-bond acceptors (Lipinski definition) is 3. The van der Waals surface area contributed by atoms with Crippen LogP contribution in [0.3, 0.4) is 0 Å². The van der Waals surface area contributed by atoms with Crippen LogP contribution in [-0.2, 0) is 4.79 Å². The highest BCUT2D eigenvalue weighted by molar-refractivity contribution is 8.14. The number of carbonyl (C=O) groups is 1. The molecular weight excluding hydrogens is 220 g/mol. The molecule has 0 aliphatic carbocycles. The standard InChI is InChI=1S/C9H15ClN2OS/c1-9(2,3)7(13)12-8-11-6(4-10)5-14-8/h6H,4-5H2,1-3H3,(H,11,12,13). The van der Waals surface area contributed by atoms with Gasteiger partial charge in [-0.1, -0.05) is 32.5 Å². The first kappa shape index (κ1) is 11.9. The maximum atomic E-state index is 11.6. The summed E-state index contributed by atoms with van der Waals surface area (Å²) in [6, 6.07) is 0.150. The first-order valence-corrected chi connectivity index (χ1v) is 6.03. The molecule has 0 spiro atoms. The van der Waals surface area contributed by atoms with Crippen molar-refractivity contribution in [3.63, 3.8) is 0 Å². The predicted octanol–water partition coefficient (Wildman–Crippen LogP) is 1.86. The second-order valence-electron chi connectivity index (χ2n) is 4.26. The summed E-state index contributed by atoms with van der Waals surface area (Å²) in [5, 5.41) is 3.50. The Kier molecular flexibility index (Phi) is 3.84. The molecule has 0 aromatic heterocycles. The van der Waals surface area contributed by atoms with Crippen LogP contribution in [0.2, 0.25) is 0 Å². The van der Waals surface area contributed by atoms with Crippen molar-refractivity contribution in [2.75, 3.05) is 11.6 Å². The number of halogens is 1. The monoisotopic (exact) mass is 234 g/mol. The minimum absolute atomic E-state index is 0.000951. The van der Waals surface area contributed by atoms with Crippen LogP contribution in [0.4, 0.5) is 0 Å². The highest BCUT2D eigenvalue weighted by atomic mass is 35.5. The zero-order valence-electron chi connectivity index (χ0n) is 8.63. The first-order chi connectivity index (χ1) is 6.43. The van der Waals surface area contributed by atoms with Crippen molar-refractivity contribution in [1.82, 2.24) is 5.32 Å². The van der Waals surface area contributed by atoms with E-state index in [0.717, 1.165) is 5.75 Å². The van der Waals surface area contributed by atoms with Crippen molar-refractivity contribution in [2.45, 2.75) is 26.8 Å². The molecule has 0 bridgehead atoms. The van der Waals surface area contributed by atoms with Crippen molar-refractivity contribution < 1.29 is 4.79 Å². The van der Waals surface area contributed by atoms with Gasteiger partial charge in [0.1, 0.15) is 0 Å². The molecule has 3 nitrogen and oxygen atoms in total. The maximum absolute atomic E-state index is 11.6. The Bertz CT molecular complexity index is 260. The number of alkyl halides is 1. The molecule has 80 valence electrons. The van der Waals surface area contributed by atoms with Crippen molar-refractivity contribution in [3.8, 4) is 0 Å². The minimum Gasteiger partial charge on any atom is -0.305 e. The van der Waals surface area contributed by atoms with Gasteiger partial charge >= 0.3 is 0 Å². The van der Waals surface area contributed by atoms with Gasteiger partial charge in [-0.3, -0.25) is 9.79 Å². The Morgan fingerprint density at radius 2 is 2.36 bits per heavy atom. The third kappa shape index (κ3) is 3.17. The Morgan fingerprint density at radius 1 is 1.71 bits per heavy atom. The molecule has 1 heterocycles. The van der Waals surface area contributed by atoms with Crippen LogP contribution in [0.5, 0.6) is 0 Å². The number of nitrogens with one attached hydrogen (secondary N) is 1. The van der Waals surface area contributed by atoms with Crippen molar-refractivity contribution in [2.24, 2.45) is 10.4 Å². The Labute approximate surface area is 93.7 Å². The number of hydrogen-bond donors (Lipinski definition) is 1. The van der Waals surface area contributed by atoms with Crippen LogP contribution < -0.4 is 5.32 Å². The van der Waals surface area contributed by atoms with Gasteiger partial charge in [-0.25, -0.2) is 0 Å². The summed E-state index contributed by atoms with van der Waals surface area (Å²) in [7, 11) is 0. The molecule has 1 aliphatic rings. The summed E-state index contributed by atoms with van der Waals surface area (Å²) >= 11 is 7.22. The quantitative estimate of drug-likeness (QED) is 0.704. The molecule has 0 saturated carbocycles. The van der Waals surface area contributed by atoms with Crippen LogP contribution in [-0.4, -0.2) is 28.7 Å². The van der Waals surface area contributed by atoms with E-state index in [2.05, 4.69) is 10.3 Å². The van der Waals surface area contributed by atoms with Gasteiger partial charge < -0.3 is 5.32 Å². The third-order valence-corrected chi connectivity index (χ3v) is 3.18. The fourth-order valence-corrected chi connectivity index (χ4v) is 2.09. The number of amidine groups is 1. The van der Waals surface area contributed by atoms with Gasteiger partial charge in [-0.15, -0.1) is 11.6 Å². The molecule has 0 aromatic carbocycles. The lowest BCUT2D eigenvalue weighted by atomic mass is 9.96. The largest absolute Gasteiger partial charge is 0.305 e. The lowest BCUT2D eigenvalue weighted by Gasteiger charge is -2.16. The van der Waals surface area contributed by atoms with E-state index in [1.165, 1.54) is 0 Å². The molecule has 0 radical (unpaired) electrons. The highest BCUT2D eigenvalue weighted by Gasteiger charge is 2.25. The molecule has 0 saturated heterocycles. The smallest absolute Gasteiger partial charge is 0.231 e. The van der Waals surface area contributed by atoms with Gasteiger partial charge in [-0.05, 0) is 0 Å². The average molecular weight is 235 g/mol. The number of carbonyl (C=O) groups excluding carboxylic acids is 1. The fourth-order valence-electron chi connectivity index (χ4n) is 0.848. The van der Waals surface area contributed by atoms with E-state index in [9.17, 15) is 4.79 Å². The van der Waals surface area contributed by atoms with Crippen LogP contribution in [0.15, 0.2) is 4.99 Å². The SMILES string of the molecule is CC(C)(C)C(=O)NC1=NC(CCl)CS1. The summed E-state index contributed by atoms with van der Waals surface area (Å²) in [5.41, 5.74) is -0.373. The second-order valence-corrected chi connectivity index (χ2v) is 5.57. The normalized spacial score (nSPS) is 22.0. The van der Waals surface area contributed by atoms with Gasteiger partial charge in [0.2, 0.25) is 5.91 Å². The van der Waals surface area contributed by atoms with Crippen LogP contribution in [0.25, 0.3) is 0 Å². The van der Waals surface area contributed by atoms with E-state index in [1.807, 2.05) is 20.8 Å². The van der Waals surface area contributed by atoms with E-state index < -0.39 is 0 Å². The van der Waals surface area contributed by atoms with E-state index in [0.29, 0.717) is 11.0 Å². The molecule has 1 atom stereocenters. The first-order valence-electron chi connectivity index (χ1n) is 4.51. The molecule has 1 aliphatic heterocycles. The summed E-state index contributed by atoms with van der Waals surface area (Å²) in [5.74, 6) is 1.38. The Balaban J connectivity index is 2.50. The number of aliphatic imine (C=N–C) groups is 1. The van der Waals surface area contributed by atoms with Gasteiger partial charge in [0, 0.05) is 17.0 Å². The summed E-state index contributed by atoms with van der Waals surface area (Å²) < 4.78 is 0. The number of amides is 1. The lowest BCUT2D eigenvalue weighted by molar-refractivity contribution is -0.126. The number of nitrogens with zero attached hydrogens (tertiary/aromatic N) is 1. The zero-order chi connectivity index (χ0) is 10.8. The molecule has 0 aromatic rings. The molecule has 1 rings (SSSR count). The molecule has 1 unspecified atom stereocenters. The Morgan fingerprint density at radius 3 is 2.79 bits per heavy atom. The molecule has 0 fully saturated rings. The zero-order valence-corrected chi connectivity index (χ0v) is 10.2. The van der Waals surface area contributed by atoms with Gasteiger partial charge in [-0.2, -0.15) is 0 Å². The van der Waals surface area contributed by atoms with Crippen molar-refractivity contribution in [3.05, 3.63) is 0 Å². The molecule has 1 amide bonds. The Hall–Kier alpha value is -0.220. The topological polar surface area (TPSA) is 41.5 Å². The third-order valence-electron chi connectivity index (χ3n) is 1.79. The predicted molar refractivity (Wildman–Crippen MR) is 62.0 cm³/mol.